The molecule has 0 aromatic carbocycles. The standard InChI is InChI=1S/C14H20BrN5/c1-4-6-17-13(12-5-7-16-9-18-12)14-11(15)8-19-20(14)10(2)3/h5,7-10,13,17H,4,6H2,1-3H3. The highest BCUT2D eigenvalue weighted by Gasteiger charge is 2.23. The van der Waals surface area contributed by atoms with Crippen molar-refractivity contribution in [2.45, 2.75) is 39.3 Å². The highest BCUT2D eigenvalue weighted by molar-refractivity contribution is 9.10. The summed E-state index contributed by atoms with van der Waals surface area (Å²) in [5.41, 5.74) is 2.06. The second-order valence-electron chi connectivity index (χ2n) is 4.94. The van der Waals surface area contributed by atoms with E-state index < -0.39 is 0 Å². The molecule has 1 N–H and O–H groups in total. The second kappa shape index (κ2) is 6.95. The Morgan fingerprint density at radius 3 is 2.80 bits per heavy atom. The minimum atomic E-state index is 0.0113. The summed E-state index contributed by atoms with van der Waals surface area (Å²) in [6, 6.07) is 2.25. The number of hydrogen-bond acceptors (Lipinski definition) is 4. The molecule has 2 heterocycles. The summed E-state index contributed by atoms with van der Waals surface area (Å²) in [5, 5.41) is 8.00. The second-order valence-corrected chi connectivity index (χ2v) is 5.79. The van der Waals surface area contributed by atoms with Crippen LogP contribution in [0.1, 0.15) is 50.7 Å². The van der Waals surface area contributed by atoms with Gasteiger partial charge in [-0.25, -0.2) is 9.97 Å². The molecule has 0 saturated heterocycles. The molecule has 0 radical (unpaired) electrons. The van der Waals surface area contributed by atoms with E-state index in [0.29, 0.717) is 6.04 Å². The van der Waals surface area contributed by atoms with Crippen molar-refractivity contribution in [3.05, 3.63) is 40.6 Å². The van der Waals surface area contributed by atoms with Gasteiger partial charge >= 0.3 is 0 Å². The molecule has 2 aromatic rings. The molecule has 0 fully saturated rings. The third-order valence-electron chi connectivity index (χ3n) is 3.05. The zero-order chi connectivity index (χ0) is 14.5. The third-order valence-corrected chi connectivity index (χ3v) is 3.66. The van der Waals surface area contributed by atoms with Crippen molar-refractivity contribution in [2.24, 2.45) is 0 Å². The van der Waals surface area contributed by atoms with E-state index in [1.54, 1.807) is 12.5 Å². The molecule has 1 atom stereocenters. The number of nitrogens with one attached hydrogen (secondary N) is 1. The van der Waals surface area contributed by atoms with Crippen molar-refractivity contribution in [1.29, 1.82) is 0 Å². The maximum atomic E-state index is 4.46. The van der Waals surface area contributed by atoms with Gasteiger partial charge in [-0.1, -0.05) is 6.92 Å². The van der Waals surface area contributed by atoms with Crippen LogP contribution in [0.2, 0.25) is 0 Å². The zero-order valence-electron chi connectivity index (χ0n) is 12.0. The summed E-state index contributed by atoms with van der Waals surface area (Å²) in [5.74, 6) is 0. The van der Waals surface area contributed by atoms with Gasteiger partial charge in [-0.05, 0) is 48.8 Å². The number of aromatic nitrogens is 4. The summed E-state index contributed by atoms with van der Waals surface area (Å²) in [4.78, 5) is 8.39. The van der Waals surface area contributed by atoms with Crippen LogP contribution < -0.4 is 5.32 Å². The van der Waals surface area contributed by atoms with Crippen molar-refractivity contribution in [2.75, 3.05) is 6.54 Å². The Balaban J connectivity index is 2.44. The lowest BCUT2D eigenvalue weighted by Gasteiger charge is -2.21. The number of nitrogens with zero attached hydrogens (tertiary/aromatic N) is 4. The molecule has 0 aliphatic rings. The van der Waals surface area contributed by atoms with Crippen LogP contribution in [0.3, 0.4) is 0 Å². The smallest absolute Gasteiger partial charge is 0.115 e. The average Bonchev–Trinajstić information content (AvgIpc) is 2.83. The monoisotopic (exact) mass is 337 g/mol. The predicted octanol–water partition coefficient (Wildman–Crippen LogP) is 3.11. The van der Waals surface area contributed by atoms with Gasteiger partial charge < -0.3 is 5.32 Å². The lowest BCUT2D eigenvalue weighted by Crippen LogP contribution is -2.27. The number of halogens is 1. The lowest BCUT2D eigenvalue weighted by atomic mass is 10.1. The van der Waals surface area contributed by atoms with E-state index in [1.807, 2.05) is 16.9 Å². The lowest BCUT2D eigenvalue weighted by molar-refractivity contribution is 0.466. The fourth-order valence-electron chi connectivity index (χ4n) is 2.13. The van der Waals surface area contributed by atoms with Gasteiger partial charge in [0.2, 0.25) is 0 Å². The first-order valence-electron chi connectivity index (χ1n) is 6.87. The van der Waals surface area contributed by atoms with E-state index >= 15 is 0 Å². The predicted molar refractivity (Wildman–Crippen MR) is 82.5 cm³/mol. The van der Waals surface area contributed by atoms with Gasteiger partial charge in [-0.15, -0.1) is 0 Å². The normalized spacial score (nSPS) is 12.8. The van der Waals surface area contributed by atoms with E-state index in [-0.39, 0.29) is 6.04 Å². The average molecular weight is 338 g/mol. The molecule has 2 aromatic heterocycles. The third kappa shape index (κ3) is 3.24. The Morgan fingerprint density at radius 2 is 2.20 bits per heavy atom. The SMILES string of the molecule is CCCNC(c1ccncn1)c1c(Br)cnn1C(C)C. The number of rotatable bonds is 6. The van der Waals surface area contributed by atoms with E-state index in [9.17, 15) is 0 Å². The Bertz CT molecular complexity index is 538. The summed E-state index contributed by atoms with van der Waals surface area (Å²) in [6.07, 6.45) is 6.26. The highest BCUT2D eigenvalue weighted by Crippen LogP contribution is 2.29. The highest BCUT2D eigenvalue weighted by atomic mass is 79.9. The van der Waals surface area contributed by atoms with Crippen LogP contribution in [0.4, 0.5) is 0 Å². The van der Waals surface area contributed by atoms with Crippen molar-refractivity contribution in [3.8, 4) is 0 Å². The van der Waals surface area contributed by atoms with Crippen LogP contribution in [0.5, 0.6) is 0 Å². The molecular formula is C14H20BrN5. The molecule has 0 amide bonds. The molecular weight excluding hydrogens is 318 g/mol. The minimum absolute atomic E-state index is 0.0113. The van der Waals surface area contributed by atoms with Crippen LogP contribution >= 0.6 is 15.9 Å². The van der Waals surface area contributed by atoms with Crippen LogP contribution in [-0.2, 0) is 0 Å². The number of hydrogen-bond donors (Lipinski definition) is 1. The Morgan fingerprint density at radius 1 is 1.40 bits per heavy atom. The van der Waals surface area contributed by atoms with Crippen molar-refractivity contribution >= 4 is 15.9 Å². The Hall–Kier alpha value is -1.27. The van der Waals surface area contributed by atoms with Crippen molar-refractivity contribution < 1.29 is 0 Å². The van der Waals surface area contributed by atoms with Gasteiger partial charge in [0.25, 0.3) is 0 Å². The topological polar surface area (TPSA) is 55.6 Å². The summed E-state index contributed by atoms with van der Waals surface area (Å²) in [7, 11) is 0. The molecule has 0 bridgehead atoms. The van der Waals surface area contributed by atoms with Gasteiger partial charge in [-0.2, -0.15) is 5.10 Å². The summed E-state index contributed by atoms with van der Waals surface area (Å²) in [6.45, 7) is 7.32. The summed E-state index contributed by atoms with van der Waals surface area (Å²) < 4.78 is 3.03. The van der Waals surface area contributed by atoms with E-state index in [0.717, 1.165) is 28.8 Å². The Labute approximate surface area is 128 Å². The van der Waals surface area contributed by atoms with Gasteiger partial charge in [-0.3, -0.25) is 4.68 Å². The first-order valence-corrected chi connectivity index (χ1v) is 7.66. The zero-order valence-corrected chi connectivity index (χ0v) is 13.6. The van der Waals surface area contributed by atoms with Crippen molar-refractivity contribution in [1.82, 2.24) is 25.1 Å². The largest absolute Gasteiger partial charge is 0.304 e. The molecule has 0 saturated carbocycles. The van der Waals surface area contributed by atoms with Gasteiger partial charge in [0.1, 0.15) is 6.33 Å². The Kier molecular flexibility index (Phi) is 5.25. The van der Waals surface area contributed by atoms with E-state index in [4.69, 9.17) is 0 Å². The maximum Gasteiger partial charge on any atom is 0.115 e. The van der Waals surface area contributed by atoms with Gasteiger partial charge in [0, 0.05) is 12.2 Å². The van der Waals surface area contributed by atoms with E-state index in [2.05, 4.69) is 57.1 Å². The molecule has 108 valence electrons. The molecule has 2 rings (SSSR count). The first-order chi connectivity index (χ1) is 9.65. The van der Waals surface area contributed by atoms with E-state index in [1.165, 1.54) is 0 Å². The molecule has 0 aliphatic heterocycles. The maximum absolute atomic E-state index is 4.46. The van der Waals surface area contributed by atoms with Gasteiger partial charge in [0.15, 0.2) is 0 Å². The van der Waals surface area contributed by atoms with Gasteiger partial charge in [0.05, 0.1) is 28.1 Å². The molecule has 0 aliphatic carbocycles. The fourth-order valence-corrected chi connectivity index (χ4v) is 2.64. The first kappa shape index (κ1) is 15.1. The fraction of sp³-hybridized carbons (Fsp3) is 0.500. The molecule has 20 heavy (non-hydrogen) atoms. The van der Waals surface area contributed by atoms with Crippen LogP contribution in [0.15, 0.2) is 29.3 Å². The minimum Gasteiger partial charge on any atom is -0.304 e. The van der Waals surface area contributed by atoms with Crippen molar-refractivity contribution in [3.63, 3.8) is 0 Å². The van der Waals surface area contributed by atoms with Crippen LogP contribution in [-0.4, -0.2) is 26.3 Å². The van der Waals surface area contributed by atoms with Crippen LogP contribution in [0, 0.1) is 0 Å². The quantitative estimate of drug-likeness (QED) is 0.879. The molecule has 5 nitrogen and oxygen atoms in total. The molecule has 6 heteroatoms. The van der Waals surface area contributed by atoms with Crippen LogP contribution in [0.25, 0.3) is 0 Å². The molecule has 0 spiro atoms. The molecule has 1 unspecified atom stereocenters. The summed E-state index contributed by atoms with van der Waals surface area (Å²) >= 11 is 3.61.